The molecule has 0 unspecified atom stereocenters. The van der Waals surface area contributed by atoms with Gasteiger partial charge in [0.05, 0.1) is 4.21 Å². The van der Waals surface area contributed by atoms with Gasteiger partial charge in [0.2, 0.25) is 6.79 Å². The van der Waals surface area contributed by atoms with Gasteiger partial charge in [-0.3, -0.25) is 0 Å². The van der Waals surface area contributed by atoms with Gasteiger partial charge >= 0.3 is 0 Å². The molecule has 11 heteroatoms. The van der Waals surface area contributed by atoms with Crippen LogP contribution < -0.4 is 14.2 Å². The van der Waals surface area contributed by atoms with Gasteiger partial charge in [0.15, 0.2) is 11.5 Å². The Labute approximate surface area is 168 Å². The van der Waals surface area contributed by atoms with Gasteiger partial charge in [0.25, 0.3) is 15.9 Å². The molecule has 0 amide bonds. The molecule has 0 aliphatic carbocycles. The van der Waals surface area contributed by atoms with Crippen molar-refractivity contribution in [3.63, 3.8) is 0 Å². The topological polar surface area (TPSA) is 90.7 Å². The zero-order valence-electron chi connectivity index (χ0n) is 13.9. The molecule has 142 valence electrons. The Morgan fingerprint density at radius 1 is 1.30 bits per heavy atom. The predicted octanol–water partition coefficient (Wildman–Crippen LogP) is 4.52. The third-order valence-corrected chi connectivity index (χ3v) is 8.10. The molecule has 0 saturated heterocycles. The first kappa shape index (κ1) is 18.5. The molecular formula is C16H13ClN2O5S3. The highest BCUT2D eigenvalue weighted by molar-refractivity contribution is 8.01. The largest absolute Gasteiger partial charge is 0.454 e. The van der Waals surface area contributed by atoms with Crippen molar-refractivity contribution < 1.29 is 22.4 Å². The fraction of sp³-hybridized carbons (Fsp3) is 0.188. The van der Waals surface area contributed by atoms with Crippen molar-refractivity contribution in [2.45, 2.75) is 21.8 Å². The fourth-order valence-electron chi connectivity index (χ4n) is 2.37. The lowest BCUT2D eigenvalue weighted by Crippen LogP contribution is -2.12. The van der Waals surface area contributed by atoms with Crippen LogP contribution in [-0.4, -0.2) is 20.4 Å². The van der Waals surface area contributed by atoms with Gasteiger partial charge in [-0.2, -0.15) is 0 Å². The predicted molar refractivity (Wildman–Crippen MR) is 104 cm³/mol. The van der Waals surface area contributed by atoms with E-state index in [4.69, 9.17) is 25.6 Å². The van der Waals surface area contributed by atoms with Crippen molar-refractivity contribution in [3.8, 4) is 11.5 Å². The van der Waals surface area contributed by atoms with Crippen LogP contribution in [0.4, 0.5) is 5.88 Å². The lowest BCUT2D eigenvalue weighted by molar-refractivity contribution is 0.174. The van der Waals surface area contributed by atoms with Gasteiger partial charge in [-0.05, 0) is 36.1 Å². The van der Waals surface area contributed by atoms with Crippen LogP contribution in [0.25, 0.3) is 0 Å². The number of rotatable bonds is 6. The van der Waals surface area contributed by atoms with Crippen LogP contribution in [0, 0.1) is 6.92 Å². The highest BCUT2D eigenvalue weighted by Crippen LogP contribution is 2.38. The summed E-state index contributed by atoms with van der Waals surface area (Å²) < 4.78 is 44.0. The quantitative estimate of drug-likeness (QED) is 0.559. The summed E-state index contributed by atoms with van der Waals surface area (Å²) in [5.74, 6) is 1.91. The summed E-state index contributed by atoms with van der Waals surface area (Å²) in [4.78, 5) is 0.170. The first-order chi connectivity index (χ1) is 12.9. The molecule has 3 heterocycles. The van der Waals surface area contributed by atoms with Gasteiger partial charge in [0, 0.05) is 5.75 Å². The van der Waals surface area contributed by atoms with Crippen LogP contribution in [-0.2, 0) is 15.8 Å². The minimum Gasteiger partial charge on any atom is -0.454 e. The molecule has 0 saturated carbocycles. The maximum atomic E-state index is 12.7. The first-order valence-electron chi connectivity index (χ1n) is 7.67. The normalized spacial score (nSPS) is 13.1. The summed E-state index contributed by atoms with van der Waals surface area (Å²) in [5, 5.41) is 5.52. The molecule has 0 radical (unpaired) electrons. The number of fused-ring (bicyclic) bond motifs is 1. The highest BCUT2D eigenvalue weighted by atomic mass is 35.5. The zero-order valence-corrected chi connectivity index (χ0v) is 17.1. The summed E-state index contributed by atoms with van der Waals surface area (Å²) in [6.07, 6.45) is 0. The Bertz CT molecular complexity index is 1090. The first-order valence-corrected chi connectivity index (χ1v) is 11.4. The van der Waals surface area contributed by atoms with Gasteiger partial charge < -0.3 is 14.0 Å². The Hall–Kier alpha value is -1.88. The molecule has 27 heavy (non-hydrogen) atoms. The van der Waals surface area contributed by atoms with E-state index in [1.165, 1.54) is 23.1 Å². The van der Waals surface area contributed by atoms with E-state index < -0.39 is 10.0 Å². The number of thiophene rings is 1. The van der Waals surface area contributed by atoms with Gasteiger partial charge in [-0.15, -0.1) is 23.1 Å². The van der Waals surface area contributed by atoms with E-state index >= 15 is 0 Å². The minimum absolute atomic E-state index is 0.0907. The molecule has 1 N–H and O–H groups in total. The van der Waals surface area contributed by atoms with E-state index in [1.807, 2.05) is 18.2 Å². The number of anilines is 1. The number of benzene rings is 1. The monoisotopic (exact) mass is 444 g/mol. The van der Waals surface area contributed by atoms with Crippen LogP contribution in [0.1, 0.15) is 11.3 Å². The number of aryl methyl sites for hydroxylation is 1. The van der Waals surface area contributed by atoms with Gasteiger partial charge in [-0.25, -0.2) is 13.1 Å². The Morgan fingerprint density at radius 3 is 2.89 bits per heavy atom. The summed E-state index contributed by atoms with van der Waals surface area (Å²) in [6.45, 7) is 1.84. The van der Waals surface area contributed by atoms with Crippen molar-refractivity contribution in [2.24, 2.45) is 0 Å². The number of halogens is 1. The smallest absolute Gasteiger partial charge is 0.266 e. The van der Waals surface area contributed by atoms with E-state index in [0.29, 0.717) is 27.2 Å². The van der Waals surface area contributed by atoms with Crippen molar-refractivity contribution in [2.75, 3.05) is 11.5 Å². The lowest BCUT2D eigenvalue weighted by atomic mass is 10.2. The second-order valence-electron chi connectivity index (χ2n) is 5.57. The summed E-state index contributed by atoms with van der Waals surface area (Å²) in [5.41, 5.74) is 1.42. The molecule has 0 atom stereocenters. The van der Waals surface area contributed by atoms with E-state index in [-0.39, 0.29) is 22.6 Å². The number of sulfonamides is 1. The maximum absolute atomic E-state index is 12.7. The van der Waals surface area contributed by atoms with E-state index in [2.05, 4.69) is 9.88 Å². The van der Waals surface area contributed by atoms with Crippen molar-refractivity contribution in [1.82, 2.24) is 5.16 Å². The lowest BCUT2D eigenvalue weighted by Gasteiger charge is -2.07. The fourth-order valence-corrected chi connectivity index (χ4v) is 6.38. The zero-order chi connectivity index (χ0) is 19.0. The standard InChI is InChI=1S/C16H13ClN2O5S3/c1-9-14(17)15(24-18-9)19-27(20,21)13-4-5-25-16(13)26-7-10-2-3-11-12(6-10)23-8-22-11/h2-6,19H,7-8H2,1H3. The van der Waals surface area contributed by atoms with Crippen LogP contribution >= 0.6 is 34.7 Å². The average Bonchev–Trinajstić information content (AvgIpc) is 3.36. The molecule has 1 aliphatic heterocycles. The Morgan fingerprint density at radius 2 is 2.11 bits per heavy atom. The van der Waals surface area contributed by atoms with Crippen LogP contribution in [0.5, 0.6) is 11.5 Å². The average molecular weight is 445 g/mol. The number of aromatic nitrogens is 1. The molecule has 7 nitrogen and oxygen atoms in total. The number of nitrogens with one attached hydrogen (secondary N) is 1. The molecule has 1 aromatic carbocycles. The minimum atomic E-state index is -3.85. The number of hydrogen-bond donors (Lipinski definition) is 1. The molecule has 0 fully saturated rings. The van der Waals surface area contributed by atoms with Crippen LogP contribution in [0.3, 0.4) is 0 Å². The molecule has 0 spiro atoms. The molecule has 0 bridgehead atoms. The summed E-state index contributed by atoms with van der Waals surface area (Å²) in [7, 11) is -3.85. The molecule has 2 aromatic heterocycles. The second-order valence-corrected chi connectivity index (χ2v) is 9.75. The van der Waals surface area contributed by atoms with Crippen molar-refractivity contribution in [3.05, 3.63) is 45.9 Å². The third-order valence-electron chi connectivity index (χ3n) is 3.71. The summed E-state index contributed by atoms with van der Waals surface area (Å²) in [6, 6.07) is 7.22. The highest BCUT2D eigenvalue weighted by Gasteiger charge is 2.24. The molecular weight excluding hydrogens is 432 g/mol. The number of nitrogens with zero attached hydrogens (tertiary/aromatic N) is 1. The van der Waals surface area contributed by atoms with E-state index in [1.54, 1.807) is 18.4 Å². The Balaban J connectivity index is 1.51. The number of hydrogen-bond acceptors (Lipinski definition) is 8. The molecule has 1 aliphatic rings. The van der Waals surface area contributed by atoms with Gasteiger partial charge in [-0.1, -0.05) is 22.8 Å². The van der Waals surface area contributed by atoms with Crippen LogP contribution in [0.2, 0.25) is 5.02 Å². The van der Waals surface area contributed by atoms with Crippen molar-refractivity contribution >= 4 is 50.6 Å². The van der Waals surface area contributed by atoms with Crippen LogP contribution in [0.15, 0.2) is 43.3 Å². The van der Waals surface area contributed by atoms with Gasteiger partial charge in [0.1, 0.15) is 15.6 Å². The van der Waals surface area contributed by atoms with E-state index in [0.717, 1.165) is 5.56 Å². The molecule has 4 rings (SSSR count). The summed E-state index contributed by atoms with van der Waals surface area (Å²) >= 11 is 8.77. The Kier molecular flexibility index (Phi) is 4.97. The third kappa shape index (κ3) is 3.75. The second kappa shape index (κ2) is 7.27. The molecule has 3 aromatic rings. The maximum Gasteiger partial charge on any atom is 0.266 e. The SMILES string of the molecule is Cc1noc(NS(=O)(=O)c2ccsc2SCc2ccc3c(c2)OCO3)c1Cl. The van der Waals surface area contributed by atoms with E-state index in [9.17, 15) is 8.42 Å². The number of ether oxygens (including phenoxy) is 2. The van der Waals surface area contributed by atoms with Crippen molar-refractivity contribution in [1.29, 1.82) is 0 Å². The number of thioether (sulfide) groups is 1.